The van der Waals surface area contributed by atoms with E-state index in [-0.39, 0.29) is 5.91 Å². The van der Waals surface area contributed by atoms with Gasteiger partial charge in [-0.05, 0) is 32.3 Å². The highest BCUT2D eigenvalue weighted by Crippen LogP contribution is 2.23. The number of amides is 1. The van der Waals surface area contributed by atoms with Crippen LogP contribution in [-0.4, -0.2) is 55.5 Å². The van der Waals surface area contributed by atoms with Crippen molar-refractivity contribution in [3.05, 3.63) is 23.5 Å². The molecule has 2 rings (SSSR count). The molecule has 0 spiro atoms. The molecule has 0 bridgehead atoms. The average Bonchev–Trinajstić information content (AvgIpc) is 2.43. The molecule has 4 heteroatoms. The highest BCUT2D eigenvalue weighted by molar-refractivity contribution is 5.77. The number of ether oxygens (including phenoxy) is 1. The summed E-state index contributed by atoms with van der Waals surface area (Å²) in [6, 6.07) is 0. The van der Waals surface area contributed by atoms with E-state index >= 15 is 0 Å². The van der Waals surface area contributed by atoms with Crippen molar-refractivity contribution in [3.63, 3.8) is 0 Å². The van der Waals surface area contributed by atoms with Gasteiger partial charge < -0.3 is 9.64 Å². The van der Waals surface area contributed by atoms with Gasteiger partial charge in [0.15, 0.2) is 0 Å². The molecule has 0 unspecified atom stereocenters. The van der Waals surface area contributed by atoms with Crippen molar-refractivity contribution in [1.82, 2.24) is 9.80 Å². The summed E-state index contributed by atoms with van der Waals surface area (Å²) in [5, 5.41) is 0. The lowest BCUT2D eigenvalue weighted by Gasteiger charge is -2.33. The highest BCUT2D eigenvalue weighted by atomic mass is 16.5. The molecule has 2 aliphatic rings. The van der Waals surface area contributed by atoms with E-state index in [0.717, 1.165) is 44.5 Å². The summed E-state index contributed by atoms with van der Waals surface area (Å²) < 4.78 is 6.08. The Morgan fingerprint density at radius 3 is 2.55 bits per heavy atom. The first kappa shape index (κ1) is 15.1. The first-order valence-electron chi connectivity index (χ1n) is 7.50. The maximum atomic E-state index is 11.7. The van der Waals surface area contributed by atoms with Crippen LogP contribution >= 0.6 is 0 Å². The minimum atomic E-state index is 0.181. The minimum Gasteiger partial charge on any atom is -0.495 e. The number of likely N-dealkylation sites (N-methyl/N-ethyl adjacent to an activating group) is 1. The standard InChI is InChI=1S/C16H26N2O2/c1-13-4-6-14(7-5-13)20-15-8-10-18(11-9-15)12-16(19)17(2)3/h4,6,15H,5,7-12H2,1-3H3. The van der Waals surface area contributed by atoms with Crippen LogP contribution in [0.4, 0.5) is 0 Å². The third-order valence-corrected chi connectivity index (χ3v) is 4.03. The number of hydrogen-bond donors (Lipinski definition) is 0. The fourth-order valence-corrected chi connectivity index (χ4v) is 2.55. The minimum absolute atomic E-state index is 0.181. The van der Waals surface area contributed by atoms with Gasteiger partial charge in [0.2, 0.25) is 5.91 Å². The highest BCUT2D eigenvalue weighted by Gasteiger charge is 2.23. The predicted molar refractivity (Wildman–Crippen MR) is 80.3 cm³/mol. The first-order chi connectivity index (χ1) is 9.54. The Balaban J connectivity index is 1.73. The van der Waals surface area contributed by atoms with E-state index < -0.39 is 0 Å². The summed E-state index contributed by atoms with van der Waals surface area (Å²) in [5.74, 6) is 1.30. The molecule has 0 aromatic rings. The molecule has 0 N–H and O–H groups in total. The van der Waals surface area contributed by atoms with Crippen LogP contribution in [0, 0.1) is 0 Å². The molecule has 1 saturated heterocycles. The van der Waals surface area contributed by atoms with Crippen molar-refractivity contribution >= 4 is 5.91 Å². The molecule has 0 saturated carbocycles. The van der Waals surface area contributed by atoms with E-state index in [1.165, 1.54) is 5.57 Å². The molecule has 1 heterocycles. The number of likely N-dealkylation sites (tertiary alicyclic amines) is 1. The molecule has 0 radical (unpaired) electrons. The second kappa shape index (κ2) is 6.93. The third-order valence-electron chi connectivity index (χ3n) is 4.03. The summed E-state index contributed by atoms with van der Waals surface area (Å²) in [4.78, 5) is 15.6. The SMILES string of the molecule is CC1=CC=C(OC2CCN(CC(=O)N(C)C)CC2)CC1. The maximum Gasteiger partial charge on any atom is 0.236 e. The molecular weight excluding hydrogens is 252 g/mol. The molecule has 20 heavy (non-hydrogen) atoms. The molecule has 0 aromatic carbocycles. The lowest BCUT2D eigenvalue weighted by atomic mass is 10.0. The van der Waals surface area contributed by atoms with Crippen LogP contribution in [0.2, 0.25) is 0 Å². The maximum absolute atomic E-state index is 11.7. The van der Waals surface area contributed by atoms with Crippen LogP contribution in [0.1, 0.15) is 32.6 Å². The smallest absolute Gasteiger partial charge is 0.236 e. The van der Waals surface area contributed by atoms with E-state index in [0.29, 0.717) is 12.6 Å². The zero-order chi connectivity index (χ0) is 14.5. The van der Waals surface area contributed by atoms with Gasteiger partial charge in [0.1, 0.15) is 6.10 Å². The van der Waals surface area contributed by atoms with Crippen LogP contribution < -0.4 is 0 Å². The number of rotatable bonds is 4. The zero-order valence-electron chi connectivity index (χ0n) is 12.9. The van der Waals surface area contributed by atoms with Crippen molar-refractivity contribution in [2.24, 2.45) is 0 Å². The molecule has 0 atom stereocenters. The third kappa shape index (κ3) is 4.37. The van der Waals surface area contributed by atoms with Gasteiger partial charge in [-0.15, -0.1) is 0 Å². The number of carbonyl (C=O) groups is 1. The number of piperidine rings is 1. The Kier molecular flexibility index (Phi) is 5.24. The summed E-state index contributed by atoms with van der Waals surface area (Å²) >= 11 is 0. The van der Waals surface area contributed by atoms with Gasteiger partial charge in [-0.3, -0.25) is 9.69 Å². The Morgan fingerprint density at radius 2 is 2.00 bits per heavy atom. The second-order valence-electron chi connectivity index (χ2n) is 6.03. The molecule has 112 valence electrons. The van der Waals surface area contributed by atoms with Crippen molar-refractivity contribution in [3.8, 4) is 0 Å². The molecule has 1 amide bonds. The molecule has 4 nitrogen and oxygen atoms in total. The van der Waals surface area contributed by atoms with E-state index in [9.17, 15) is 4.79 Å². The van der Waals surface area contributed by atoms with Gasteiger partial charge in [0, 0.05) is 33.6 Å². The summed E-state index contributed by atoms with van der Waals surface area (Å²) in [7, 11) is 3.62. The average molecular weight is 278 g/mol. The molecule has 1 fully saturated rings. The topological polar surface area (TPSA) is 32.8 Å². The van der Waals surface area contributed by atoms with Gasteiger partial charge in [0.25, 0.3) is 0 Å². The van der Waals surface area contributed by atoms with Crippen LogP contribution in [0.15, 0.2) is 23.5 Å². The summed E-state index contributed by atoms with van der Waals surface area (Å²) in [6.07, 6.45) is 8.76. The molecule has 0 aromatic heterocycles. The predicted octanol–water partition coefficient (Wildman–Crippen LogP) is 2.18. The Bertz CT molecular complexity index is 405. The van der Waals surface area contributed by atoms with Crippen LogP contribution in [0.25, 0.3) is 0 Å². The molecule has 1 aliphatic carbocycles. The quantitative estimate of drug-likeness (QED) is 0.790. The Labute approximate surface area is 122 Å². The first-order valence-corrected chi connectivity index (χ1v) is 7.50. The zero-order valence-corrected chi connectivity index (χ0v) is 12.9. The Hall–Kier alpha value is -1.29. The van der Waals surface area contributed by atoms with E-state index in [1.807, 2.05) is 14.1 Å². The van der Waals surface area contributed by atoms with Crippen molar-refractivity contribution in [2.45, 2.75) is 38.7 Å². The van der Waals surface area contributed by atoms with Gasteiger partial charge >= 0.3 is 0 Å². The largest absolute Gasteiger partial charge is 0.495 e. The van der Waals surface area contributed by atoms with E-state index in [1.54, 1.807) is 4.90 Å². The van der Waals surface area contributed by atoms with Crippen LogP contribution in [0.5, 0.6) is 0 Å². The number of allylic oxidation sites excluding steroid dienone is 4. The monoisotopic (exact) mass is 278 g/mol. The fraction of sp³-hybridized carbons (Fsp3) is 0.688. The van der Waals surface area contributed by atoms with Crippen molar-refractivity contribution in [1.29, 1.82) is 0 Å². The van der Waals surface area contributed by atoms with Crippen molar-refractivity contribution in [2.75, 3.05) is 33.7 Å². The fourth-order valence-electron chi connectivity index (χ4n) is 2.55. The van der Waals surface area contributed by atoms with Crippen LogP contribution in [0.3, 0.4) is 0 Å². The van der Waals surface area contributed by atoms with Crippen molar-refractivity contribution < 1.29 is 9.53 Å². The molecule has 1 aliphatic heterocycles. The molecular formula is C16H26N2O2. The van der Waals surface area contributed by atoms with Gasteiger partial charge in [-0.2, -0.15) is 0 Å². The van der Waals surface area contributed by atoms with E-state index in [2.05, 4.69) is 24.0 Å². The summed E-state index contributed by atoms with van der Waals surface area (Å²) in [6.45, 7) is 4.59. The summed E-state index contributed by atoms with van der Waals surface area (Å²) in [5.41, 5.74) is 1.43. The van der Waals surface area contributed by atoms with Crippen LogP contribution in [-0.2, 0) is 9.53 Å². The second-order valence-corrected chi connectivity index (χ2v) is 6.03. The number of nitrogens with zero attached hydrogens (tertiary/aromatic N) is 2. The number of hydrogen-bond acceptors (Lipinski definition) is 3. The van der Waals surface area contributed by atoms with Gasteiger partial charge in [-0.25, -0.2) is 0 Å². The number of carbonyl (C=O) groups excluding carboxylic acids is 1. The Morgan fingerprint density at radius 1 is 1.30 bits per heavy atom. The lowest BCUT2D eigenvalue weighted by Crippen LogP contribution is -2.42. The lowest BCUT2D eigenvalue weighted by molar-refractivity contribution is -0.130. The van der Waals surface area contributed by atoms with Gasteiger partial charge in [0.05, 0.1) is 12.3 Å². The normalized spacial score (nSPS) is 21.1. The van der Waals surface area contributed by atoms with E-state index in [4.69, 9.17) is 4.74 Å². The van der Waals surface area contributed by atoms with Gasteiger partial charge in [-0.1, -0.05) is 11.6 Å².